The third-order valence-corrected chi connectivity index (χ3v) is 4.13. The molecule has 26 heavy (non-hydrogen) atoms. The summed E-state index contributed by atoms with van der Waals surface area (Å²) in [4.78, 5) is 46.5. The molecule has 4 unspecified atom stereocenters. The number of aliphatic carboxylic acids is 2. The average Bonchev–Trinajstić information content (AvgIpc) is 2.58. The minimum absolute atomic E-state index is 0.0958. The van der Waals surface area contributed by atoms with E-state index < -0.39 is 48.3 Å². The van der Waals surface area contributed by atoms with E-state index >= 15 is 0 Å². The monoisotopic (exact) mass is 374 g/mol. The van der Waals surface area contributed by atoms with Gasteiger partial charge in [0.25, 0.3) is 0 Å². The van der Waals surface area contributed by atoms with Crippen molar-refractivity contribution in [1.82, 2.24) is 10.6 Å². The molecule has 0 aliphatic carbocycles. The maximum Gasteiger partial charge on any atom is 0.326 e. The Morgan fingerprint density at radius 3 is 2.04 bits per heavy atom. The molecule has 0 saturated heterocycles. The number of hydrogen-bond acceptors (Lipinski definition) is 6. The molecule has 0 saturated carbocycles. The average molecular weight is 374 g/mol. The zero-order valence-corrected chi connectivity index (χ0v) is 15.2. The third-order valence-electron chi connectivity index (χ3n) is 4.13. The molecule has 0 aliphatic rings. The number of rotatable bonds is 13. The first-order valence-electron chi connectivity index (χ1n) is 8.64. The number of hydrogen-bond donors (Lipinski definition) is 6. The molecule has 0 aromatic rings. The molecule has 2 amide bonds. The second kappa shape index (κ2) is 12.2. The lowest BCUT2D eigenvalue weighted by Gasteiger charge is -2.24. The van der Waals surface area contributed by atoms with Gasteiger partial charge in [-0.15, -0.1) is 0 Å². The van der Waals surface area contributed by atoms with Gasteiger partial charge in [0.1, 0.15) is 12.1 Å². The minimum Gasteiger partial charge on any atom is -0.481 e. The van der Waals surface area contributed by atoms with Crippen molar-refractivity contribution in [1.29, 1.82) is 0 Å². The Morgan fingerprint density at radius 1 is 1.00 bits per heavy atom. The molecule has 0 aromatic heterocycles. The number of unbranched alkanes of at least 4 members (excludes halogenated alkanes) is 1. The predicted molar refractivity (Wildman–Crippen MR) is 94.1 cm³/mol. The molecular formula is C16H30N4O6. The number of nitrogens with one attached hydrogen (secondary N) is 2. The van der Waals surface area contributed by atoms with Crippen LogP contribution in [0.2, 0.25) is 0 Å². The first-order valence-corrected chi connectivity index (χ1v) is 8.64. The van der Waals surface area contributed by atoms with Gasteiger partial charge in [0, 0.05) is 0 Å². The van der Waals surface area contributed by atoms with Crippen LogP contribution in [0.4, 0.5) is 0 Å². The molecule has 0 spiro atoms. The Hall–Kier alpha value is -2.20. The van der Waals surface area contributed by atoms with Crippen molar-refractivity contribution in [2.24, 2.45) is 17.4 Å². The van der Waals surface area contributed by atoms with E-state index in [-0.39, 0.29) is 12.3 Å². The Labute approximate surface area is 152 Å². The third kappa shape index (κ3) is 8.77. The molecule has 0 heterocycles. The summed E-state index contributed by atoms with van der Waals surface area (Å²) in [5.74, 6) is -4.21. The SMILES string of the molecule is CCC(C)C(N)C(=O)NC(CCCCN)C(=O)NC(CC(=O)O)C(=O)O. The summed E-state index contributed by atoms with van der Waals surface area (Å²) >= 11 is 0. The second-order valence-corrected chi connectivity index (χ2v) is 6.25. The van der Waals surface area contributed by atoms with Gasteiger partial charge in [-0.05, 0) is 31.7 Å². The van der Waals surface area contributed by atoms with Crippen molar-refractivity contribution in [3.05, 3.63) is 0 Å². The Kier molecular flexibility index (Phi) is 11.2. The fourth-order valence-corrected chi connectivity index (χ4v) is 2.19. The fraction of sp³-hybridized carbons (Fsp3) is 0.750. The number of carboxylic acid groups (broad SMARTS) is 2. The van der Waals surface area contributed by atoms with Crippen molar-refractivity contribution in [2.45, 2.75) is 64.1 Å². The summed E-state index contributed by atoms with van der Waals surface area (Å²) in [6, 6.07) is -3.41. The Bertz CT molecular complexity index is 499. The summed E-state index contributed by atoms with van der Waals surface area (Å²) in [5, 5.41) is 22.5. The summed E-state index contributed by atoms with van der Waals surface area (Å²) < 4.78 is 0. The van der Waals surface area contributed by atoms with Crippen molar-refractivity contribution >= 4 is 23.8 Å². The van der Waals surface area contributed by atoms with Crippen LogP contribution >= 0.6 is 0 Å². The first-order chi connectivity index (χ1) is 12.1. The Morgan fingerprint density at radius 2 is 1.58 bits per heavy atom. The molecule has 0 aliphatic heterocycles. The van der Waals surface area contributed by atoms with Gasteiger partial charge in [-0.3, -0.25) is 14.4 Å². The highest BCUT2D eigenvalue weighted by Crippen LogP contribution is 2.08. The zero-order chi connectivity index (χ0) is 20.3. The van der Waals surface area contributed by atoms with Crippen LogP contribution in [0.25, 0.3) is 0 Å². The highest BCUT2D eigenvalue weighted by Gasteiger charge is 2.29. The van der Waals surface area contributed by atoms with Gasteiger partial charge in [-0.25, -0.2) is 4.79 Å². The van der Waals surface area contributed by atoms with Crippen molar-refractivity contribution < 1.29 is 29.4 Å². The van der Waals surface area contributed by atoms with Crippen LogP contribution in [0.3, 0.4) is 0 Å². The standard InChI is InChI=1S/C16H30N4O6/c1-3-9(2)13(18)15(24)19-10(6-4-5-7-17)14(23)20-11(16(25)26)8-12(21)22/h9-11,13H,3-8,17-18H2,1-2H3,(H,19,24)(H,20,23)(H,21,22)(H,25,26). The van der Waals surface area contributed by atoms with E-state index in [1.165, 1.54) is 0 Å². The molecular weight excluding hydrogens is 344 g/mol. The number of carboxylic acids is 2. The summed E-state index contributed by atoms with van der Waals surface area (Å²) in [6.45, 7) is 4.10. The van der Waals surface area contributed by atoms with Crippen LogP contribution in [0.15, 0.2) is 0 Å². The minimum atomic E-state index is -1.59. The molecule has 4 atom stereocenters. The normalized spacial score (nSPS) is 15.4. The smallest absolute Gasteiger partial charge is 0.326 e. The summed E-state index contributed by atoms with van der Waals surface area (Å²) in [7, 11) is 0. The number of nitrogens with two attached hydrogens (primary N) is 2. The predicted octanol–water partition coefficient (Wildman–Crippen LogP) is -0.982. The molecule has 0 rings (SSSR count). The topological polar surface area (TPSA) is 185 Å². The largest absolute Gasteiger partial charge is 0.481 e. The number of carbonyl (C=O) groups excluding carboxylic acids is 2. The van der Waals surface area contributed by atoms with E-state index in [4.69, 9.17) is 21.7 Å². The van der Waals surface area contributed by atoms with E-state index in [9.17, 15) is 19.2 Å². The van der Waals surface area contributed by atoms with Crippen molar-refractivity contribution in [3.8, 4) is 0 Å². The van der Waals surface area contributed by atoms with E-state index in [0.717, 1.165) is 0 Å². The van der Waals surface area contributed by atoms with E-state index in [1.54, 1.807) is 6.92 Å². The van der Waals surface area contributed by atoms with E-state index in [1.807, 2.05) is 6.92 Å². The van der Waals surface area contributed by atoms with Crippen LogP contribution in [-0.4, -0.2) is 58.6 Å². The molecule has 0 bridgehead atoms. The quantitative estimate of drug-likeness (QED) is 0.222. The lowest BCUT2D eigenvalue weighted by atomic mass is 9.98. The lowest BCUT2D eigenvalue weighted by Crippen LogP contribution is -2.55. The summed E-state index contributed by atoms with van der Waals surface area (Å²) in [5.41, 5.74) is 11.3. The van der Waals surface area contributed by atoms with Crippen LogP contribution in [0.1, 0.15) is 46.0 Å². The summed E-state index contributed by atoms with van der Waals surface area (Å²) in [6.07, 6.45) is 1.30. The van der Waals surface area contributed by atoms with Crippen molar-refractivity contribution in [2.75, 3.05) is 6.54 Å². The van der Waals surface area contributed by atoms with E-state index in [2.05, 4.69) is 10.6 Å². The van der Waals surface area contributed by atoms with E-state index in [0.29, 0.717) is 25.8 Å². The van der Waals surface area contributed by atoms with Gasteiger partial charge in [-0.1, -0.05) is 20.3 Å². The first kappa shape index (κ1) is 23.8. The maximum absolute atomic E-state index is 12.4. The van der Waals surface area contributed by atoms with Gasteiger partial charge in [0.05, 0.1) is 12.5 Å². The highest BCUT2D eigenvalue weighted by molar-refractivity contribution is 5.92. The number of amides is 2. The van der Waals surface area contributed by atoms with Gasteiger partial charge in [0.15, 0.2) is 0 Å². The van der Waals surface area contributed by atoms with Gasteiger partial charge >= 0.3 is 11.9 Å². The van der Waals surface area contributed by atoms with Crippen LogP contribution in [0, 0.1) is 5.92 Å². The Balaban J connectivity index is 5.08. The molecule has 0 fully saturated rings. The lowest BCUT2D eigenvalue weighted by molar-refractivity contribution is -0.147. The fourth-order valence-electron chi connectivity index (χ4n) is 2.19. The second-order valence-electron chi connectivity index (χ2n) is 6.25. The van der Waals surface area contributed by atoms with Crippen molar-refractivity contribution in [3.63, 3.8) is 0 Å². The van der Waals surface area contributed by atoms with Gasteiger partial charge in [-0.2, -0.15) is 0 Å². The van der Waals surface area contributed by atoms with Crippen LogP contribution in [-0.2, 0) is 19.2 Å². The zero-order valence-electron chi connectivity index (χ0n) is 15.2. The molecule has 10 heteroatoms. The van der Waals surface area contributed by atoms with Crippen LogP contribution < -0.4 is 22.1 Å². The molecule has 0 aromatic carbocycles. The maximum atomic E-state index is 12.4. The number of carbonyl (C=O) groups is 4. The molecule has 8 N–H and O–H groups in total. The van der Waals surface area contributed by atoms with Gasteiger partial charge < -0.3 is 32.3 Å². The molecule has 0 radical (unpaired) electrons. The van der Waals surface area contributed by atoms with Crippen LogP contribution in [0.5, 0.6) is 0 Å². The highest BCUT2D eigenvalue weighted by atomic mass is 16.4. The molecule has 150 valence electrons. The molecule has 10 nitrogen and oxygen atoms in total. The van der Waals surface area contributed by atoms with Gasteiger partial charge in [0.2, 0.25) is 11.8 Å².